The highest BCUT2D eigenvalue weighted by molar-refractivity contribution is 5.81. The lowest BCUT2D eigenvalue weighted by molar-refractivity contribution is -0.137. The van der Waals surface area contributed by atoms with Gasteiger partial charge in [0.1, 0.15) is 29.8 Å². The first-order valence-electron chi connectivity index (χ1n) is 14.4. The first-order chi connectivity index (χ1) is 19.9. The fourth-order valence-electron chi connectivity index (χ4n) is 6.23. The Labute approximate surface area is 239 Å². The van der Waals surface area contributed by atoms with Gasteiger partial charge in [-0.2, -0.15) is 0 Å². The average Bonchev–Trinajstić information content (AvgIpc) is 3.36. The number of ether oxygens (including phenoxy) is 1. The Morgan fingerprint density at radius 3 is 2.56 bits per heavy atom. The monoisotopic (exact) mass is 551 g/mol. The van der Waals surface area contributed by atoms with Crippen LogP contribution in [0.4, 0.5) is 4.39 Å². The summed E-state index contributed by atoms with van der Waals surface area (Å²) in [5, 5.41) is 0. The summed E-state index contributed by atoms with van der Waals surface area (Å²) in [5.74, 6) is 1.49. The fraction of sp³-hybridized carbons (Fsp3) is 0.324. The summed E-state index contributed by atoms with van der Waals surface area (Å²) in [7, 11) is 0. The topological polar surface area (TPSA) is 75.3 Å². The van der Waals surface area contributed by atoms with Gasteiger partial charge >= 0.3 is 0 Å². The molecule has 0 radical (unpaired) electrons. The third-order valence-corrected chi connectivity index (χ3v) is 8.64. The number of nitrogens with one attached hydrogen (secondary N) is 1. The molecule has 1 aliphatic carbocycles. The summed E-state index contributed by atoms with van der Waals surface area (Å²) >= 11 is 0. The van der Waals surface area contributed by atoms with Gasteiger partial charge in [0, 0.05) is 48.8 Å². The number of carbonyl (C=O) groups excluding carboxylic acids is 2. The first-order valence-corrected chi connectivity index (χ1v) is 14.4. The van der Waals surface area contributed by atoms with Crippen LogP contribution in [-0.2, 0) is 16.1 Å². The number of hydrogen-bond donors (Lipinski definition) is 1. The van der Waals surface area contributed by atoms with Crippen molar-refractivity contribution in [3.8, 4) is 28.3 Å². The maximum atomic E-state index is 13.9. The first kappa shape index (κ1) is 26.9. The second kappa shape index (κ2) is 11.7. The van der Waals surface area contributed by atoms with Crippen LogP contribution in [0.3, 0.4) is 0 Å². The summed E-state index contributed by atoms with van der Waals surface area (Å²) in [4.78, 5) is 35.8. The highest BCUT2D eigenvalue weighted by Gasteiger charge is 2.34. The van der Waals surface area contributed by atoms with Gasteiger partial charge in [0.2, 0.25) is 5.91 Å². The summed E-state index contributed by atoms with van der Waals surface area (Å²) in [6, 6.07) is 20.8. The van der Waals surface area contributed by atoms with Crippen LogP contribution in [0.25, 0.3) is 22.5 Å². The molecule has 1 saturated carbocycles. The van der Waals surface area contributed by atoms with Gasteiger partial charge in [-0.3, -0.25) is 9.59 Å². The number of nitrogens with zero attached hydrogens (tertiary/aromatic N) is 2. The van der Waals surface area contributed by atoms with Gasteiger partial charge in [-0.1, -0.05) is 49.4 Å². The van der Waals surface area contributed by atoms with Gasteiger partial charge < -0.3 is 14.6 Å². The molecule has 6 rings (SSSR count). The molecule has 3 unspecified atom stereocenters. The zero-order valence-electron chi connectivity index (χ0n) is 23.2. The largest absolute Gasteiger partial charge is 0.491 e. The molecule has 2 heterocycles. The molecule has 4 aromatic rings. The van der Waals surface area contributed by atoms with Crippen molar-refractivity contribution in [2.45, 2.75) is 45.1 Å². The maximum Gasteiger partial charge on any atom is 0.226 e. The quantitative estimate of drug-likeness (QED) is 0.277. The van der Waals surface area contributed by atoms with Gasteiger partial charge in [0.25, 0.3) is 0 Å². The Morgan fingerprint density at radius 1 is 1.05 bits per heavy atom. The van der Waals surface area contributed by atoms with Crippen molar-refractivity contribution in [2.75, 3.05) is 13.2 Å². The molecular formula is C34H34FN3O3. The molecule has 1 aromatic heterocycles. The normalized spacial score (nSPS) is 20.0. The van der Waals surface area contributed by atoms with Crippen LogP contribution in [0.1, 0.15) is 49.7 Å². The van der Waals surface area contributed by atoms with Crippen molar-refractivity contribution in [3.05, 3.63) is 96.1 Å². The summed E-state index contributed by atoms with van der Waals surface area (Å²) in [6.45, 7) is 3.42. The second-order valence-corrected chi connectivity index (χ2v) is 11.3. The maximum absolute atomic E-state index is 13.9. The van der Waals surface area contributed by atoms with Crippen molar-refractivity contribution >= 4 is 11.7 Å². The van der Waals surface area contributed by atoms with Gasteiger partial charge in [0.05, 0.1) is 6.54 Å². The number of hydrogen-bond acceptors (Lipinski definition) is 4. The number of amides is 1. The van der Waals surface area contributed by atoms with E-state index < -0.39 is 0 Å². The van der Waals surface area contributed by atoms with Crippen molar-refractivity contribution in [3.63, 3.8) is 0 Å². The number of carbonyl (C=O) groups is 2. The summed E-state index contributed by atoms with van der Waals surface area (Å²) in [5.41, 5.74) is 5.10. The van der Waals surface area contributed by atoms with E-state index in [9.17, 15) is 14.0 Å². The minimum Gasteiger partial charge on any atom is -0.491 e. The minimum absolute atomic E-state index is 0.000717. The highest BCUT2D eigenvalue weighted by atomic mass is 19.1. The van der Waals surface area contributed by atoms with Gasteiger partial charge in [-0.15, -0.1) is 0 Å². The molecule has 0 bridgehead atoms. The van der Waals surface area contributed by atoms with Gasteiger partial charge in [0.15, 0.2) is 0 Å². The SMILES string of the molecule is CC(C(=O)N1CCOc2ccc(-c3ccc(-c4ncc[nH]4)cc3)cc2C1)C1CCC(=O)CC(c2ccc(F)cc2)C1. The molecule has 2 aliphatic rings. The molecule has 1 amide bonds. The van der Waals surface area contributed by atoms with E-state index in [1.54, 1.807) is 18.3 Å². The number of H-pyrrole nitrogens is 1. The highest BCUT2D eigenvalue weighted by Crippen LogP contribution is 2.38. The number of Topliss-reactive ketones (excluding diaryl/α,β-unsaturated/α-hetero) is 1. The van der Waals surface area contributed by atoms with E-state index in [2.05, 4.69) is 34.2 Å². The van der Waals surface area contributed by atoms with E-state index in [1.165, 1.54) is 12.1 Å². The molecule has 7 heteroatoms. The van der Waals surface area contributed by atoms with E-state index in [0.717, 1.165) is 45.8 Å². The Bertz CT molecular complexity index is 1520. The lowest BCUT2D eigenvalue weighted by Gasteiger charge is -2.30. The van der Waals surface area contributed by atoms with Gasteiger partial charge in [-0.25, -0.2) is 9.37 Å². The summed E-state index contributed by atoms with van der Waals surface area (Å²) < 4.78 is 19.6. The molecule has 6 nitrogen and oxygen atoms in total. The van der Waals surface area contributed by atoms with E-state index in [-0.39, 0.29) is 35.3 Å². The third kappa shape index (κ3) is 5.94. The third-order valence-electron chi connectivity index (χ3n) is 8.64. The fourth-order valence-corrected chi connectivity index (χ4v) is 6.23. The molecule has 210 valence electrons. The van der Waals surface area contributed by atoms with Gasteiger partial charge in [-0.05, 0) is 65.6 Å². The molecule has 41 heavy (non-hydrogen) atoms. The molecule has 0 spiro atoms. The van der Waals surface area contributed by atoms with Crippen molar-refractivity contribution < 1.29 is 18.7 Å². The van der Waals surface area contributed by atoms with Crippen molar-refractivity contribution in [2.24, 2.45) is 11.8 Å². The Hall–Kier alpha value is -4.26. The van der Waals surface area contributed by atoms with Crippen molar-refractivity contribution in [1.29, 1.82) is 0 Å². The molecule has 1 aliphatic heterocycles. The Kier molecular flexibility index (Phi) is 7.68. The van der Waals surface area contributed by atoms with E-state index in [4.69, 9.17) is 4.74 Å². The van der Waals surface area contributed by atoms with Crippen molar-refractivity contribution in [1.82, 2.24) is 14.9 Å². The smallest absolute Gasteiger partial charge is 0.226 e. The number of fused-ring (bicyclic) bond motifs is 1. The van der Waals surface area contributed by atoms with E-state index in [0.29, 0.717) is 39.0 Å². The van der Waals surface area contributed by atoms with E-state index >= 15 is 0 Å². The summed E-state index contributed by atoms with van der Waals surface area (Å²) in [6.07, 6.45) is 5.91. The van der Waals surface area contributed by atoms with Crippen LogP contribution >= 0.6 is 0 Å². The van der Waals surface area contributed by atoms with Crippen LogP contribution < -0.4 is 4.74 Å². The number of benzene rings is 3. The zero-order chi connectivity index (χ0) is 28.3. The van der Waals surface area contributed by atoms with Crippen LogP contribution in [0.2, 0.25) is 0 Å². The van der Waals surface area contributed by atoms with Crippen LogP contribution in [0, 0.1) is 17.7 Å². The predicted molar refractivity (Wildman–Crippen MR) is 156 cm³/mol. The Balaban J connectivity index is 1.18. The standard InChI is InChI=1S/C34H34FN3O3/c1-22(26-8-12-31(39)20-28(18-26)24-6-10-30(35)11-7-24)34(40)38-16-17-41-32-13-9-27(19-29(32)21-38)23-2-4-25(5-3-23)33-36-14-15-37-33/h2-7,9-11,13-15,19,22,26,28H,8,12,16-18,20-21H2,1H3,(H,36,37). The molecule has 0 saturated heterocycles. The predicted octanol–water partition coefficient (Wildman–Crippen LogP) is 6.78. The average molecular weight is 552 g/mol. The zero-order valence-corrected chi connectivity index (χ0v) is 23.2. The number of imidazole rings is 1. The van der Waals surface area contributed by atoms with E-state index in [1.807, 2.05) is 36.2 Å². The van der Waals surface area contributed by atoms with Crippen LogP contribution in [-0.4, -0.2) is 39.7 Å². The molecule has 1 N–H and O–H groups in total. The lowest BCUT2D eigenvalue weighted by Crippen LogP contribution is -2.39. The molecule has 3 aromatic carbocycles. The molecular weight excluding hydrogens is 517 g/mol. The number of ketones is 1. The lowest BCUT2D eigenvalue weighted by atomic mass is 9.81. The number of aromatic amines is 1. The number of aromatic nitrogens is 2. The molecule has 1 fully saturated rings. The minimum atomic E-state index is -0.286. The number of rotatable bonds is 5. The molecule has 3 atom stereocenters. The second-order valence-electron chi connectivity index (χ2n) is 11.3. The van der Waals surface area contributed by atoms with Crippen LogP contribution in [0.5, 0.6) is 5.75 Å². The number of halogens is 1. The Morgan fingerprint density at radius 2 is 1.80 bits per heavy atom. The van der Waals surface area contributed by atoms with Crippen LogP contribution in [0.15, 0.2) is 79.1 Å².